The highest BCUT2D eigenvalue weighted by Crippen LogP contribution is 2.21. The fourth-order valence-corrected chi connectivity index (χ4v) is 3.08. The Balaban J connectivity index is 1.81. The largest absolute Gasteiger partial charge is 0.372 e. The Bertz CT molecular complexity index is 751. The molecule has 0 aromatic heterocycles. The van der Waals surface area contributed by atoms with Crippen molar-refractivity contribution in [3.8, 4) is 0 Å². The van der Waals surface area contributed by atoms with Gasteiger partial charge in [0.05, 0.1) is 23.5 Å². The lowest BCUT2D eigenvalue weighted by atomic mass is 10.1. The average Bonchev–Trinajstić information content (AvgIpc) is 2.61. The summed E-state index contributed by atoms with van der Waals surface area (Å²) in [6.07, 6.45) is -0.00227. The van der Waals surface area contributed by atoms with Crippen molar-refractivity contribution in [2.45, 2.75) is 26.1 Å². The maximum absolute atomic E-state index is 12.9. The SMILES string of the molecule is C[C@H]1CN(C(=O)c2ccccc2NC(=O)c2ccccc2)C[C@H](C)O1. The van der Waals surface area contributed by atoms with Crippen LogP contribution in [-0.4, -0.2) is 42.0 Å². The van der Waals surface area contributed by atoms with Gasteiger partial charge < -0.3 is 15.0 Å². The molecule has 1 saturated heterocycles. The van der Waals surface area contributed by atoms with Gasteiger partial charge in [0.25, 0.3) is 11.8 Å². The topological polar surface area (TPSA) is 58.6 Å². The summed E-state index contributed by atoms with van der Waals surface area (Å²) in [4.78, 5) is 27.1. The minimum absolute atomic E-state index is 0.00114. The van der Waals surface area contributed by atoms with Crippen LogP contribution in [0, 0.1) is 0 Å². The normalized spacial score (nSPS) is 20.2. The lowest BCUT2D eigenvalue weighted by molar-refractivity contribution is -0.0585. The Morgan fingerprint density at radius 1 is 0.960 bits per heavy atom. The molecule has 0 spiro atoms. The van der Waals surface area contributed by atoms with Crippen LogP contribution in [0.3, 0.4) is 0 Å². The van der Waals surface area contributed by atoms with Gasteiger partial charge in [-0.1, -0.05) is 30.3 Å². The molecule has 0 bridgehead atoms. The zero-order valence-electron chi connectivity index (χ0n) is 14.4. The predicted molar refractivity (Wildman–Crippen MR) is 96.7 cm³/mol. The second-order valence-corrected chi connectivity index (χ2v) is 6.33. The summed E-state index contributed by atoms with van der Waals surface area (Å²) in [6.45, 7) is 5.01. The van der Waals surface area contributed by atoms with Crippen molar-refractivity contribution >= 4 is 17.5 Å². The van der Waals surface area contributed by atoms with Crippen LogP contribution < -0.4 is 5.32 Å². The number of hydrogen-bond donors (Lipinski definition) is 1. The molecular formula is C20H22N2O3. The third-order valence-electron chi connectivity index (χ3n) is 4.15. The van der Waals surface area contributed by atoms with Crippen molar-refractivity contribution < 1.29 is 14.3 Å². The lowest BCUT2D eigenvalue weighted by Gasteiger charge is -2.35. The van der Waals surface area contributed by atoms with Gasteiger partial charge in [0, 0.05) is 18.7 Å². The van der Waals surface area contributed by atoms with Gasteiger partial charge >= 0.3 is 0 Å². The molecule has 1 fully saturated rings. The summed E-state index contributed by atoms with van der Waals surface area (Å²) in [7, 11) is 0. The van der Waals surface area contributed by atoms with Crippen LogP contribution in [0.5, 0.6) is 0 Å². The summed E-state index contributed by atoms with van der Waals surface area (Å²) >= 11 is 0. The van der Waals surface area contributed by atoms with Crippen molar-refractivity contribution in [3.63, 3.8) is 0 Å². The molecule has 1 N–H and O–H groups in total. The first-order chi connectivity index (χ1) is 12.0. The maximum atomic E-state index is 12.9. The van der Waals surface area contributed by atoms with E-state index in [-0.39, 0.29) is 24.0 Å². The number of carbonyl (C=O) groups excluding carboxylic acids is 2. The Hall–Kier alpha value is -2.66. The van der Waals surface area contributed by atoms with Crippen LogP contribution >= 0.6 is 0 Å². The highest BCUT2D eigenvalue weighted by atomic mass is 16.5. The second-order valence-electron chi connectivity index (χ2n) is 6.33. The van der Waals surface area contributed by atoms with Crippen molar-refractivity contribution in [2.75, 3.05) is 18.4 Å². The molecule has 25 heavy (non-hydrogen) atoms. The standard InChI is InChI=1S/C20H22N2O3/c1-14-12-22(13-15(2)25-14)20(24)17-10-6-7-11-18(17)21-19(23)16-8-4-3-5-9-16/h3-11,14-15H,12-13H2,1-2H3,(H,21,23)/t14-,15-/m0/s1. The first kappa shape index (κ1) is 17.2. The summed E-state index contributed by atoms with van der Waals surface area (Å²) in [5.74, 6) is -0.324. The number of morpholine rings is 1. The van der Waals surface area contributed by atoms with E-state index in [9.17, 15) is 9.59 Å². The Labute approximate surface area is 147 Å². The molecular weight excluding hydrogens is 316 g/mol. The number of nitrogens with zero attached hydrogens (tertiary/aromatic N) is 1. The predicted octanol–water partition coefficient (Wildman–Crippen LogP) is 3.19. The number of anilines is 1. The third-order valence-corrected chi connectivity index (χ3v) is 4.15. The van der Waals surface area contributed by atoms with Gasteiger partial charge in [0.1, 0.15) is 0 Å². The summed E-state index contributed by atoms with van der Waals surface area (Å²) in [5, 5.41) is 2.85. The molecule has 1 aliphatic heterocycles. The summed E-state index contributed by atoms with van der Waals surface area (Å²) in [6, 6.07) is 16.1. The van der Waals surface area contributed by atoms with E-state index < -0.39 is 0 Å². The van der Waals surface area contributed by atoms with Gasteiger partial charge in [-0.05, 0) is 38.1 Å². The molecule has 1 heterocycles. The first-order valence-corrected chi connectivity index (χ1v) is 8.44. The van der Waals surface area contributed by atoms with E-state index in [2.05, 4.69) is 5.32 Å². The number of hydrogen-bond acceptors (Lipinski definition) is 3. The van der Waals surface area contributed by atoms with Crippen molar-refractivity contribution in [2.24, 2.45) is 0 Å². The van der Waals surface area contributed by atoms with Gasteiger partial charge in [-0.3, -0.25) is 9.59 Å². The number of benzene rings is 2. The van der Waals surface area contributed by atoms with Crippen LogP contribution in [0.2, 0.25) is 0 Å². The quantitative estimate of drug-likeness (QED) is 0.935. The number of ether oxygens (including phenoxy) is 1. The molecule has 3 rings (SSSR count). The maximum Gasteiger partial charge on any atom is 0.256 e. The number of carbonyl (C=O) groups is 2. The van der Waals surface area contributed by atoms with Gasteiger partial charge in [-0.2, -0.15) is 0 Å². The molecule has 130 valence electrons. The van der Waals surface area contributed by atoms with Crippen LogP contribution in [0.4, 0.5) is 5.69 Å². The minimum Gasteiger partial charge on any atom is -0.372 e. The molecule has 2 aromatic rings. The fourth-order valence-electron chi connectivity index (χ4n) is 3.08. The van der Waals surface area contributed by atoms with E-state index in [1.807, 2.05) is 38.1 Å². The molecule has 5 heteroatoms. The van der Waals surface area contributed by atoms with Gasteiger partial charge in [0.15, 0.2) is 0 Å². The Kier molecular flexibility index (Phi) is 5.14. The molecule has 2 aromatic carbocycles. The Morgan fingerprint density at radius 2 is 1.56 bits per heavy atom. The minimum atomic E-state index is -0.232. The van der Waals surface area contributed by atoms with Crippen LogP contribution in [0.15, 0.2) is 54.6 Å². The number of amides is 2. The molecule has 0 aliphatic carbocycles. The molecule has 0 radical (unpaired) electrons. The van der Waals surface area contributed by atoms with Gasteiger partial charge in [0.2, 0.25) is 0 Å². The van der Waals surface area contributed by atoms with Crippen LogP contribution in [0.25, 0.3) is 0 Å². The fraction of sp³-hybridized carbons (Fsp3) is 0.300. The lowest BCUT2D eigenvalue weighted by Crippen LogP contribution is -2.48. The first-order valence-electron chi connectivity index (χ1n) is 8.44. The van der Waals surface area contributed by atoms with E-state index in [1.54, 1.807) is 35.2 Å². The number of para-hydroxylation sites is 1. The average molecular weight is 338 g/mol. The van der Waals surface area contributed by atoms with Crippen molar-refractivity contribution in [3.05, 3.63) is 65.7 Å². The van der Waals surface area contributed by atoms with Crippen molar-refractivity contribution in [1.82, 2.24) is 4.90 Å². The molecule has 1 aliphatic rings. The van der Waals surface area contributed by atoms with Crippen LogP contribution in [0.1, 0.15) is 34.6 Å². The number of rotatable bonds is 3. The van der Waals surface area contributed by atoms with Crippen LogP contribution in [-0.2, 0) is 4.74 Å². The monoisotopic (exact) mass is 338 g/mol. The molecule has 2 atom stereocenters. The molecule has 0 saturated carbocycles. The second kappa shape index (κ2) is 7.49. The summed E-state index contributed by atoms with van der Waals surface area (Å²) in [5.41, 5.74) is 1.57. The number of nitrogens with one attached hydrogen (secondary N) is 1. The zero-order valence-corrected chi connectivity index (χ0v) is 14.4. The molecule has 5 nitrogen and oxygen atoms in total. The smallest absolute Gasteiger partial charge is 0.256 e. The van der Waals surface area contributed by atoms with E-state index in [1.165, 1.54) is 0 Å². The Morgan fingerprint density at radius 3 is 2.24 bits per heavy atom. The van der Waals surface area contributed by atoms with Gasteiger partial charge in [-0.25, -0.2) is 0 Å². The van der Waals surface area contributed by atoms with Gasteiger partial charge in [-0.15, -0.1) is 0 Å². The zero-order chi connectivity index (χ0) is 17.8. The molecule has 0 unspecified atom stereocenters. The third kappa shape index (κ3) is 4.06. The van der Waals surface area contributed by atoms with E-state index >= 15 is 0 Å². The van der Waals surface area contributed by atoms with E-state index in [0.29, 0.717) is 29.9 Å². The van der Waals surface area contributed by atoms with Crippen molar-refractivity contribution in [1.29, 1.82) is 0 Å². The highest BCUT2D eigenvalue weighted by molar-refractivity contribution is 6.09. The molecule has 2 amide bonds. The summed E-state index contributed by atoms with van der Waals surface area (Å²) < 4.78 is 5.69. The van der Waals surface area contributed by atoms with E-state index in [0.717, 1.165) is 0 Å². The van der Waals surface area contributed by atoms with E-state index in [4.69, 9.17) is 4.74 Å². The highest BCUT2D eigenvalue weighted by Gasteiger charge is 2.28.